The van der Waals surface area contributed by atoms with Gasteiger partial charge in [0.25, 0.3) is 0 Å². The first-order valence-electron chi connectivity index (χ1n) is 10.8. The van der Waals surface area contributed by atoms with Crippen LogP contribution in [0, 0.1) is 0 Å². The molecule has 0 saturated carbocycles. The van der Waals surface area contributed by atoms with Gasteiger partial charge in [0.2, 0.25) is 0 Å². The van der Waals surface area contributed by atoms with Gasteiger partial charge < -0.3 is 20.0 Å². The Hall–Kier alpha value is -1.58. The van der Waals surface area contributed by atoms with E-state index >= 15 is 0 Å². The monoisotopic (exact) mass is 525 g/mol. The van der Waals surface area contributed by atoms with Crippen LogP contribution in [-0.4, -0.2) is 61.6 Å². The van der Waals surface area contributed by atoms with E-state index in [1.807, 2.05) is 12.1 Å². The van der Waals surface area contributed by atoms with Crippen molar-refractivity contribution in [1.29, 1.82) is 0 Å². The highest BCUT2D eigenvalue weighted by molar-refractivity contribution is 14.0. The van der Waals surface area contributed by atoms with Crippen LogP contribution in [0.5, 0.6) is 0 Å². The minimum Gasteiger partial charge on any atom is -0.469 e. The summed E-state index contributed by atoms with van der Waals surface area (Å²) in [5.74, 6) is 1.84. The Bertz CT molecular complexity index is 742. The molecule has 166 valence electrons. The van der Waals surface area contributed by atoms with Crippen LogP contribution in [0.4, 0.5) is 0 Å². The number of nitrogens with zero attached hydrogens (tertiary/aromatic N) is 3. The predicted molar refractivity (Wildman–Crippen MR) is 134 cm³/mol. The third-order valence-corrected chi connectivity index (χ3v) is 5.42. The summed E-state index contributed by atoms with van der Waals surface area (Å²) in [6, 6.07) is 12.6. The van der Waals surface area contributed by atoms with Crippen molar-refractivity contribution in [2.75, 3.05) is 45.8 Å². The first kappa shape index (κ1) is 24.7. The molecule has 2 aromatic rings. The van der Waals surface area contributed by atoms with Crippen LogP contribution in [0.15, 0.2) is 52.1 Å². The van der Waals surface area contributed by atoms with Gasteiger partial charge in [-0.3, -0.25) is 4.90 Å². The summed E-state index contributed by atoms with van der Waals surface area (Å²) in [7, 11) is 0. The highest BCUT2D eigenvalue weighted by atomic mass is 127. The average Bonchev–Trinajstić information content (AvgIpc) is 3.27. The summed E-state index contributed by atoms with van der Waals surface area (Å²) in [5, 5.41) is 6.74. The summed E-state index contributed by atoms with van der Waals surface area (Å²) in [6.07, 6.45) is 2.56. The van der Waals surface area contributed by atoms with Gasteiger partial charge in [0.15, 0.2) is 5.96 Å². The zero-order chi connectivity index (χ0) is 20.3. The lowest BCUT2D eigenvalue weighted by Crippen LogP contribution is -2.45. The van der Waals surface area contributed by atoms with Gasteiger partial charge >= 0.3 is 0 Å². The molecule has 1 aromatic heterocycles. The molecule has 0 atom stereocenters. The molecule has 2 heterocycles. The molecule has 0 unspecified atom stereocenters. The predicted octanol–water partition coefficient (Wildman–Crippen LogP) is 3.33. The number of benzene rings is 1. The minimum absolute atomic E-state index is 0. The number of rotatable bonds is 9. The normalized spacial score (nSPS) is 15.6. The molecule has 1 fully saturated rings. The maximum Gasteiger partial charge on any atom is 0.191 e. The van der Waals surface area contributed by atoms with Crippen LogP contribution in [0.25, 0.3) is 0 Å². The second-order valence-electron chi connectivity index (χ2n) is 7.43. The first-order valence-corrected chi connectivity index (χ1v) is 10.8. The van der Waals surface area contributed by atoms with E-state index in [-0.39, 0.29) is 24.0 Å². The first-order chi connectivity index (χ1) is 14.3. The summed E-state index contributed by atoms with van der Waals surface area (Å²) in [4.78, 5) is 9.89. The molecular weight excluding hydrogens is 489 g/mol. The Balaban J connectivity index is 0.00000320. The molecule has 3 rings (SSSR count). The number of furan rings is 1. The fraction of sp³-hybridized carbons (Fsp3) is 0.522. The molecule has 0 spiro atoms. The second-order valence-corrected chi connectivity index (χ2v) is 7.43. The summed E-state index contributed by atoms with van der Waals surface area (Å²) < 4.78 is 5.40. The van der Waals surface area contributed by atoms with Crippen LogP contribution in [-0.2, 0) is 19.5 Å². The van der Waals surface area contributed by atoms with Crippen LogP contribution in [0.2, 0.25) is 0 Å². The van der Waals surface area contributed by atoms with Gasteiger partial charge in [0, 0.05) is 52.2 Å². The Kier molecular flexibility index (Phi) is 11.2. The molecule has 6 nitrogen and oxygen atoms in total. The van der Waals surface area contributed by atoms with Crippen molar-refractivity contribution in [3.63, 3.8) is 0 Å². The summed E-state index contributed by atoms with van der Waals surface area (Å²) in [5.41, 5.74) is 2.68. The van der Waals surface area contributed by atoms with Gasteiger partial charge in [-0.1, -0.05) is 31.2 Å². The molecular formula is C23H36IN5O. The van der Waals surface area contributed by atoms with E-state index in [0.717, 1.165) is 57.4 Å². The number of hydrogen-bond acceptors (Lipinski definition) is 4. The summed E-state index contributed by atoms with van der Waals surface area (Å²) in [6.45, 7) is 13.4. The van der Waals surface area contributed by atoms with E-state index in [2.05, 4.69) is 58.5 Å². The van der Waals surface area contributed by atoms with Crippen molar-refractivity contribution in [2.45, 2.75) is 33.4 Å². The van der Waals surface area contributed by atoms with E-state index in [9.17, 15) is 0 Å². The van der Waals surface area contributed by atoms with Crippen LogP contribution < -0.4 is 10.6 Å². The number of halogens is 1. The Labute approximate surface area is 198 Å². The number of guanidine groups is 1. The van der Waals surface area contributed by atoms with Crippen molar-refractivity contribution in [3.05, 3.63) is 59.5 Å². The van der Waals surface area contributed by atoms with E-state index in [1.165, 1.54) is 24.2 Å². The molecule has 1 aromatic carbocycles. The lowest BCUT2D eigenvalue weighted by molar-refractivity contribution is 0.131. The standard InChI is InChI=1S/C23H35N5O.HI/c1-3-24-23(25-12-11-22-10-7-17-29-22)26-18-20-8-5-6-9-21(20)19-28-15-13-27(4-2)14-16-28;/h5-10,17H,3-4,11-16,18-19H2,1-2H3,(H2,24,25,26);1H. The highest BCUT2D eigenvalue weighted by Gasteiger charge is 2.16. The van der Waals surface area contributed by atoms with Gasteiger partial charge in [-0.2, -0.15) is 0 Å². The molecule has 7 heteroatoms. The zero-order valence-corrected chi connectivity index (χ0v) is 20.6. The maximum absolute atomic E-state index is 5.40. The van der Waals surface area contributed by atoms with Crippen LogP contribution in [0.3, 0.4) is 0 Å². The fourth-order valence-corrected chi connectivity index (χ4v) is 3.64. The Morgan fingerprint density at radius 1 is 0.967 bits per heavy atom. The minimum atomic E-state index is 0. The average molecular weight is 525 g/mol. The fourth-order valence-electron chi connectivity index (χ4n) is 3.64. The zero-order valence-electron chi connectivity index (χ0n) is 18.3. The van der Waals surface area contributed by atoms with Crippen LogP contribution >= 0.6 is 24.0 Å². The van der Waals surface area contributed by atoms with E-state index in [1.54, 1.807) is 6.26 Å². The maximum atomic E-state index is 5.40. The number of nitrogens with one attached hydrogen (secondary N) is 2. The number of likely N-dealkylation sites (N-methyl/N-ethyl adjacent to an activating group) is 1. The topological polar surface area (TPSA) is 56.0 Å². The molecule has 0 radical (unpaired) electrons. The lowest BCUT2D eigenvalue weighted by Gasteiger charge is -2.34. The van der Waals surface area contributed by atoms with E-state index in [4.69, 9.17) is 9.41 Å². The molecule has 30 heavy (non-hydrogen) atoms. The van der Waals surface area contributed by atoms with E-state index < -0.39 is 0 Å². The van der Waals surface area contributed by atoms with Gasteiger partial charge in [-0.25, -0.2) is 4.99 Å². The number of piperazine rings is 1. The molecule has 0 aliphatic carbocycles. The largest absolute Gasteiger partial charge is 0.469 e. The van der Waals surface area contributed by atoms with Crippen molar-refractivity contribution in [2.24, 2.45) is 4.99 Å². The second kappa shape index (κ2) is 13.7. The van der Waals surface area contributed by atoms with Crippen LogP contribution in [0.1, 0.15) is 30.7 Å². The van der Waals surface area contributed by atoms with Gasteiger partial charge in [0.1, 0.15) is 5.76 Å². The SMILES string of the molecule is CCNC(=NCc1ccccc1CN1CCN(CC)CC1)NCCc1ccco1.I. The quantitative estimate of drug-likeness (QED) is 0.299. The molecule has 0 amide bonds. The molecule has 2 N–H and O–H groups in total. The lowest BCUT2D eigenvalue weighted by atomic mass is 10.1. The van der Waals surface area contributed by atoms with Gasteiger partial charge in [0.05, 0.1) is 12.8 Å². The molecule has 1 aliphatic rings. The summed E-state index contributed by atoms with van der Waals surface area (Å²) >= 11 is 0. The number of aliphatic imine (C=N–C) groups is 1. The highest BCUT2D eigenvalue weighted by Crippen LogP contribution is 2.14. The number of hydrogen-bond donors (Lipinski definition) is 2. The van der Waals surface area contributed by atoms with Crippen molar-refractivity contribution in [3.8, 4) is 0 Å². The molecule has 1 aliphatic heterocycles. The van der Waals surface area contributed by atoms with Gasteiger partial charge in [-0.15, -0.1) is 24.0 Å². The van der Waals surface area contributed by atoms with E-state index in [0.29, 0.717) is 6.54 Å². The van der Waals surface area contributed by atoms with Crippen molar-refractivity contribution < 1.29 is 4.42 Å². The van der Waals surface area contributed by atoms with Crippen molar-refractivity contribution >= 4 is 29.9 Å². The van der Waals surface area contributed by atoms with Crippen molar-refractivity contribution in [1.82, 2.24) is 20.4 Å². The molecule has 1 saturated heterocycles. The van der Waals surface area contributed by atoms with Gasteiger partial charge in [-0.05, 0) is 36.7 Å². The third-order valence-electron chi connectivity index (χ3n) is 5.42. The smallest absolute Gasteiger partial charge is 0.191 e. The third kappa shape index (κ3) is 7.92. The molecule has 0 bridgehead atoms. The Morgan fingerprint density at radius 2 is 1.70 bits per heavy atom. The Morgan fingerprint density at radius 3 is 2.37 bits per heavy atom.